The van der Waals surface area contributed by atoms with E-state index < -0.39 is 16.1 Å². The molecule has 0 unspecified atom stereocenters. The van der Waals surface area contributed by atoms with Gasteiger partial charge < -0.3 is 4.74 Å². The third-order valence-electron chi connectivity index (χ3n) is 5.11. The molecule has 0 aliphatic heterocycles. The molecule has 0 radical (unpaired) electrons. The molecule has 0 amide bonds. The molecule has 33 heavy (non-hydrogen) atoms. The van der Waals surface area contributed by atoms with Gasteiger partial charge in [-0.15, -0.1) is 0 Å². The fourth-order valence-corrected chi connectivity index (χ4v) is 5.84. The van der Waals surface area contributed by atoms with Gasteiger partial charge >= 0.3 is 4.87 Å². The van der Waals surface area contributed by atoms with Crippen LogP contribution in [0.25, 0.3) is 10.2 Å². The summed E-state index contributed by atoms with van der Waals surface area (Å²) in [6.45, 7) is 4.23. The predicted molar refractivity (Wildman–Crippen MR) is 133 cm³/mol. The van der Waals surface area contributed by atoms with Gasteiger partial charge in [-0.05, 0) is 55.8 Å². The fraction of sp³-hybridized carbons (Fsp3) is 0.208. The summed E-state index contributed by atoms with van der Waals surface area (Å²) in [5.74, 6) is 0.678. The Balaban J connectivity index is 1.51. The summed E-state index contributed by atoms with van der Waals surface area (Å²) in [5, 5.41) is 0.578. The van der Waals surface area contributed by atoms with E-state index in [0.717, 1.165) is 22.5 Å². The van der Waals surface area contributed by atoms with Crippen molar-refractivity contribution in [2.45, 2.75) is 31.3 Å². The highest BCUT2D eigenvalue weighted by atomic mass is 35.5. The lowest BCUT2D eigenvalue weighted by Crippen LogP contribution is -2.36. The summed E-state index contributed by atoms with van der Waals surface area (Å²) in [6.07, 6.45) is 0. The fourth-order valence-electron chi connectivity index (χ4n) is 3.38. The molecule has 4 rings (SSSR count). The van der Waals surface area contributed by atoms with Gasteiger partial charge in [0.1, 0.15) is 12.4 Å². The summed E-state index contributed by atoms with van der Waals surface area (Å²) >= 11 is 7.25. The SMILES string of the molecule is Cc1ccc(OC[C@H](C)NS(=O)(=O)c2ccc3c(c2)sc(=O)n3Cc2ccccc2Cl)cc1. The Morgan fingerprint density at radius 2 is 1.82 bits per heavy atom. The Hall–Kier alpha value is -2.65. The molecule has 0 aliphatic carbocycles. The molecule has 1 aromatic heterocycles. The first-order valence-electron chi connectivity index (χ1n) is 10.3. The first kappa shape index (κ1) is 23.5. The number of hydrogen-bond acceptors (Lipinski definition) is 5. The van der Waals surface area contributed by atoms with E-state index in [1.165, 1.54) is 12.1 Å². The molecule has 0 saturated carbocycles. The first-order chi connectivity index (χ1) is 15.7. The number of aryl methyl sites for hydroxylation is 1. The van der Waals surface area contributed by atoms with Gasteiger partial charge in [-0.1, -0.05) is 58.8 Å². The lowest BCUT2D eigenvalue weighted by atomic mass is 10.2. The number of sulfonamides is 1. The van der Waals surface area contributed by atoms with Gasteiger partial charge in [-0.2, -0.15) is 0 Å². The Bertz CT molecular complexity index is 1440. The highest BCUT2D eigenvalue weighted by molar-refractivity contribution is 7.89. The van der Waals surface area contributed by atoms with Crippen molar-refractivity contribution in [2.24, 2.45) is 0 Å². The minimum atomic E-state index is -3.79. The number of nitrogens with zero attached hydrogens (tertiary/aromatic N) is 1. The van der Waals surface area contributed by atoms with Crippen molar-refractivity contribution in [1.29, 1.82) is 0 Å². The molecule has 9 heteroatoms. The number of hydrogen-bond donors (Lipinski definition) is 1. The molecule has 1 atom stereocenters. The first-order valence-corrected chi connectivity index (χ1v) is 13.0. The predicted octanol–water partition coefficient (Wildman–Crippen LogP) is 4.82. The third kappa shape index (κ3) is 5.47. The number of benzene rings is 3. The largest absolute Gasteiger partial charge is 0.492 e. The van der Waals surface area contributed by atoms with Crippen molar-refractivity contribution in [2.75, 3.05) is 6.61 Å². The van der Waals surface area contributed by atoms with Gasteiger partial charge in [0.15, 0.2) is 0 Å². The van der Waals surface area contributed by atoms with E-state index >= 15 is 0 Å². The number of ether oxygens (including phenoxy) is 1. The molecule has 6 nitrogen and oxygen atoms in total. The van der Waals surface area contributed by atoms with Crippen LogP contribution in [0.3, 0.4) is 0 Å². The van der Waals surface area contributed by atoms with Crippen LogP contribution >= 0.6 is 22.9 Å². The zero-order valence-electron chi connectivity index (χ0n) is 18.1. The normalized spacial score (nSPS) is 12.7. The second kappa shape index (κ2) is 9.69. The van der Waals surface area contributed by atoms with Gasteiger partial charge in [0, 0.05) is 5.02 Å². The maximum Gasteiger partial charge on any atom is 0.308 e. The third-order valence-corrected chi connectivity index (χ3v) is 8.01. The summed E-state index contributed by atoms with van der Waals surface area (Å²) in [7, 11) is -3.79. The van der Waals surface area contributed by atoms with E-state index in [4.69, 9.17) is 16.3 Å². The summed E-state index contributed by atoms with van der Waals surface area (Å²) in [4.78, 5) is 12.5. The number of fused-ring (bicyclic) bond motifs is 1. The van der Waals surface area contributed by atoms with E-state index in [0.29, 0.717) is 27.5 Å². The monoisotopic (exact) mass is 502 g/mol. The zero-order chi connectivity index (χ0) is 23.6. The molecule has 0 aliphatic rings. The summed E-state index contributed by atoms with van der Waals surface area (Å²) < 4.78 is 36.3. The van der Waals surface area contributed by atoms with E-state index in [1.807, 2.05) is 49.4 Å². The van der Waals surface area contributed by atoms with Crippen molar-refractivity contribution in [3.05, 3.63) is 92.5 Å². The maximum atomic E-state index is 12.9. The van der Waals surface area contributed by atoms with Crippen molar-refractivity contribution < 1.29 is 13.2 Å². The Morgan fingerprint density at radius 1 is 1.09 bits per heavy atom. The van der Waals surface area contributed by atoms with Crippen LogP contribution in [0.4, 0.5) is 0 Å². The molecule has 0 fully saturated rings. The molecule has 0 spiro atoms. The van der Waals surface area contributed by atoms with E-state index in [9.17, 15) is 13.2 Å². The molecule has 1 heterocycles. The Labute approximate surface area is 201 Å². The number of aromatic nitrogens is 1. The Morgan fingerprint density at radius 3 is 2.55 bits per heavy atom. The highest BCUT2D eigenvalue weighted by Crippen LogP contribution is 2.24. The van der Waals surface area contributed by atoms with Gasteiger partial charge in [-0.3, -0.25) is 9.36 Å². The zero-order valence-corrected chi connectivity index (χ0v) is 20.5. The average Bonchev–Trinajstić information content (AvgIpc) is 3.09. The second-order valence-electron chi connectivity index (χ2n) is 7.82. The number of halogens is 1. The van der Waals surface area contributed by atoms with Crippen LogP contribution in [-0.4, -0.2) is 25.6 Å². The summed E-state index contributed by atoms with van der Waals surface area (Å²) in [5.41, 5.74) is 2.61. The number of thiazole rings is 1. The standard InChI is InChI=1S/C24H23ClN2O4S2/c1-16-7-9-19(10-8-16)31-15-17(2)26-33(29,30)20-11-12-22-23(13-20)32-24(28)27(22)14-18-5-3-4-6-21(18)25/h3-13,17,26H,14-15H2,1-2H3/t17-/m0/s1. The van der Waals surface area contributed by atoms with Crippen LogP contribution in [0.15, 0.2) is 76.4 Å². The lowest BCUT2D eigenvalue weighted by molar-refractivity contribution is 0.287. The van der Waals surface area contributed by atoms with Gasteiger partial charge in [0.25, 0.3) is 0 Å². The molecule has 0 saturated heterocycles. The van der Waals surface area contributed by atoms with Crippen LogP contribution in [0.5, 0.6) is 5.75 Å². The molecule has 0 bridgehead atoms. The molecule has 3 aromatic carbocycles. The lowest BCUT2D eigenvalue weighted by Gasteiger charge is -2.15. The van der Waals surface area contributed by atoms with E-state index in [2.05, 4.69) is 4.72 Å². The average molecular weight is 503 g/mol. The smallest absolute Gasteiger partial charge is 0.308 e. The van der Waals surface area contributed by atoms with Crippen LogP contribution in [-0.2, 0) is 16.6 Å². The van der Waals surface area contributed by atoms with Gasteiger partial charge in [-0.25, -0.2) is 13.1 Å². The number of rotatable bonds is 8. The van der Waals surface area contributed by atoms with E-state index in [1.54, 1.807) is 23.6 Å². The maximum absolute atomic E-state index is 12.9. The second-order valence-corrected chi connectivity index (χ2v) is 10.9. The molecular formula is C24H23ClN2O4S2. The van der Waals surface area contributed by atoms with Crippen molar-refractivity contribution in [3.63, 3.8) is 0 Å². The van der Waals surface area contributed by atoms with Crippen LogP contribution in [0.1, 0.15) is 18.1 Å². The quantitative estimate of drug-likeness (QED) is 0.375. The van der Waals surface area contributed by atoms with Gasteiger partial charge in [0.2, 0.25) is 10.0 Å². The molecule has 1 N–H and O–H groups in total. The molecular weight excluding hydrogens is 480 g/mol. The minimum Gasteiger partial charge on any atom is -0.492 e. The summed E-state index contributed by atoms with van der Waals surface area (Å²) in [6, 6.07) is 19.1. The highest BCUT2D eigenvalue weighted by Gasteiger charge is 2.20. The topological polar surface area (TPSA) is 77.4 Å². The molecule has 4 aromatic rings. The van der Waals surface area contributed by atoms with E-state index in [-0.39, 0.29) is 16.4 Å². The van der Waals surface area contributed by atoms with Gasteiger partial charge in [0.05, 0.1) is 27.7 Å². The van der Waals surface area contributed by atoms with Crippen molar-refractivity contribution in [3.8, 4) is 5.75 Å². The van der Waals surface area contributed by atoms with Crippen LogP contribution in [0.2, 0.25) is 5.02 Å². The van der Waals surface area contributed by atoms with Crippen LogP contribution < -0.4 is 14.3 Å². The molecule has 172 valence electrons. The minimum absolute atomic E-state index is 0.100. The van der Waals surface area contributed by atoms with Crippen LogP contribution in [0, 0.1) is 6.92 Å². The Kier molecular flexibility index (Phi) is 6.90. The van der Waals surface area contributed by atoms with Crippen molar-refractivity contribution >= 4 is 43.2 Å². The van der Waals surface area contributed by atoms with Crippen molar-refractivity contribution in [1.82, 2.24) is 9.29 Å². The number of nitrogens with one attached hydrogen (secondary N) is 1.